The van der Waals surface area contributed by atoms with Gasteiger partial charge in [0.25, 0.3) is 0 Å². The average Bonchev–Trinajstić information content (AvgIpc) is 3.62. The predicted molar refractivity (Wildman–Crippen MR) is 170 cm³/mol. The van der Waals surface area contributed by atoms with Gasteiger partial charge in [-0.05, 0) is 105 Å². The molecule has 5 aliphatic carbocycles. The summed E-state index contributed by atoms with van der Waals surface area (Å²) in [6.07, 6.45) is 4.26. The number of fused-ring (bicyclic) bond motifs is 4. The number of ketones is 2. The lowest BCUT2D eigenvalue weighted by Gasteiger charge is -2.62. The Balaban J connectivity index is 1.27. The monoisotopic (exact) mass is 660 g/mol. The molecular formula is C37H56O10. The van der Waals surface area contributed by atoms with E-state index in [1.54, 1.807) is 13.8 Å². The minimum atomic E-state index is -1.32. The largest absolute Gasteiger partial charge is 0.457 e. The molecule has 1 aliphatic heterocycles. The maximum Gasteiger partial charge on any atom is 0.303 e. The zero-order valence-corrected chi connectivity index (χ0v) is 29.5. The van der Waals surface area contributed by atoms with Crippen LogP contribution in [0.3, 0.4) is 0 Å². The van der Waals surface area contributed by atoms with E-state index in [1.165, 1.54) is 6.92 Å². The molecule has 0 radical (unpaired) electrons. The predicted octanol–water partition coefficient (Wildman–Crippen LogP) is 4.20. The Hall–Kier alpha value is -1.72. The second-order valence-electron chi connectivity index (χ2n) is 17.6. The second kappa shape index (κ2) is 11.4. The summed E-state index contributed by atoms with van der Waals surface area (Å²) in [6, 6.07) is 0. The zero-order chi connectivity index (χ0) is 34.5. The number of aliphatic hydroxyl groups excluding tert-OH is 1. The lowest BCUT2D eigenvalue weighted by atomic mass is 9.41. The Kier molecular flexibility index (Phi) is 8.52. The molecule has 13 atom stereocenters. The van der Waals surface area contributed by atoms with Crippen molar-refractivity contribution in [1.29, 1.82) is 0 Å². The average molecular weight is 661 g/mol. The minimum Gasteiger partial charge on any atom is -0.457 e. The van der Waals surface area contributed by atoms with Gasteiger partial charge < -0.3 is 34.0 Å². The third kappa shape index (κ3) is 4.81. The first-order valence-corrected chi connectivity index (χ1v) is 17.8. The lowest BCUT2D eigenvalue weighted by molar-refractivity contribution is -0.226. The highest BCUT2D eigenvalue weighted by atomic mass is 16.7. The van der Waals surface area contributed by atoms with Gasteiger partial charge in [0.05, 0.1) is 17.8 Å². The summed E-state index contributed by atoms with van der Waals surface area (Å²) in [6.45, 7) is 14.8. The van der Waals surface area contributed by atoms with E-state index in [0.29, 0.717) is 18.6 Å². The van der Waals surface area contributed by atoms with Crippen molar-refractivity contribution in [2.45, 2.75) is 143 Å². The van der Waals surface area contributed by atoms with Crippen LogP contribution in [0, 0.1) is 50.7 Å². The molecular weight excluding hydrogens is 604 g/mol. The fourth-order valence-electron chi connectivity index (χ4n) is 12.9. The van der Waals surface area contributed by atoms with E-state index in [4.69, 9.17) is 18.9 Å². The smallest absolute Gasteiger partial charge is 0.303 e. The number of ether oxygens (including phenoxy) is 4. The van der Waals surface area contributed by atoms with Crippen LogP contribution in [0.1, 0.15) is 107 Å². The molecule has 6 fully saturated rings. The fraction of sp³-hybridized carbons (Fsp3) is 0.892. The molecule has 0 amide bonds. The van der Waals surface area contributed by atoms with Gasteiger partial charge in [-0.25, -0.2) is 0 Å². The molecule has 5 saturated carbocycles. The summed E-state index contributed by atoms with van der Waals surface area (Å²) >= 11 is 0. The SMILES string of the molecule is CC(=O)O[C@@H]([C@H]1C[C@@H](C)[C@H]2[C@H](O1)C(=O)[C@@]1(C)[C@@H]3CC[C@H]4C(C)(C)[C@@H](O[C@H](OCC=O)C(=O)CO)CC[C@@]45C[C@@]35CC[C@]21C)C(C)(C)O. The maximum atomic E-state index is 14.9. The van der Waals surface area contributed by atoms with E-state index >= 15 is 0 Å². The van der Waals surface area contributed by atoms with E-state index in [9.17, 15) is 29.4 Å². The van der Waals surface area contributed by atoms with Gasteiger partial charge in [0, 0.05) is 18.3 Å². The van der Waals surface area contributed by atoms with Crippen molar-refractivity contribution in [1.82, 2.24) is 0 Å². The molecule has 6 aliphatic rings. The molecule has 6 rings (SSSR count). The summed E-state index contributed by atoms with van der Waals surface area (Å²) in [7, 11) is 0. The highest BCUT2D eigenvalue weighted by molar-refractivity contribution is 5.93. The van der Waals surface area contributed by atoms with Gasteiger partial charge in [-0.2, -0.15) is 0 Å². The molecule has 264 valence electrons. The normalized spacial score (nSPS) is 46.1. The van der Waals surface area contributed by atoms with E-state index in [0.717, 1.165) is 44.9 Å². The molecule has 10 nitrogen and oxygen atoms in total. The minimum absolute atomic E-state index is 0.0498. The van der Waals surface area contributed by atoms with Crippen LogP contribution in [-0.4, -0.2) is 83.6 Å². The molecule has 0 aromatic carbocycles. The summed E-state index contributed by atoms with van der Waals surface area (Å²) in [5.41, 5.74) is -2.26. The Morgan fingerprint density at radius 2 is 1.72 bits per heavy atom. The van der Waals surface area contributed by atoms with Crippen molar-refractivity contribution in [2.24, 2.45) is 50.7 Å². The number of carbonyl (C=O) groups is 4. The summed E-state index contributed by atoms with van der Waals surface area (Å²) < 4.78 is 24.0. The molecule has 47 heavy (non-hydrogen) atoms. The van der Waals surface area contributed by atoms with Gasteiger partial charge >= 0.3 is 5.97 Å². The van der Waals surface area contributed by atoms with Crippen LogP contribution < -0.4 is 0 Å². The number of hydrogen-bond acceptors (Lipinski definition) is 10. The summed E-state index contributed by atoms with van der Waals surface area (Å²) in [5, 5.41) is 20.5. The summed E-state index contributed by atoms with van der Waals surface area (Å²) in [4.78, 5) is 50.4. The molecule has 0 aromatic heterocycles. The number of aldehydes is 1. The Labute approximate surface area is 279 Å². The number of carbonyl (C=O) groups excluding carboxylic acids is 4. The first kappa shape index (κ1) is 35.1. The van der Waals surface area contributed by atoms with Gasteiger partial charge in [-0.3, -0.25) is 14.4 Å². The molecule has 2 spiro atoms. The van der Waals surface area contributed by atoms with Gasteiger partial charge in [0.15, 0.2) is 11.9 Å². The molecule has 0 unspecified atom stereocenters. The van der Waals surface area contributed by atoms with Gasteiger partial charge in [0.2, 0.25) is 12.1 Å². The maximum absolute atomic E-state index is 14.9. The number of aliphatic hydroxyl groups is 2. The number of hydrogen-bond donors (Lipinski definition) is 2. The lowest BCUT2D eigenvalue weighted by Crippen LogP contribution is -2.59. The van der Waals surface area contributed by atoms with Crippen molar-refractivity contribution in [3.63, 3.8) is 0 Å². The van der Waals surface area contributed by atoms with Gasteiger partial charge in [0.1, 0.15) is 25.6 Å². The topological polar surface area (TPSA) is 146 Å². The van der Waals surface area contributed by atoms with E-state index in [2.05, 4.69) is 34.6 Å². The van der Waals surface area contributed by atoms with Crippen LogP contribution in [0.4, 0.5) is 0 Å². The first-order valence-electron chi connectivity index (χ1n) is 17.8. The summed E-state index contributed by atoms with van der Waals surface area (Å²) in [5.74, 6) is -0.129. The van der Waals surface area contributed by atoms with Crippen molar-refractivity contribution >= 4 is 23.8 Å². The van der Waals surface area contributed by atoms with Gasteiger partial charge in [-0.15, -0.1) is 0 Å². The van der Waals surface area contributed by atoms with E-state index in [-0.39, 0.29) is 57.9 Å². The molecule has 10 heteroatoms. The molecule has 2 N–H and O–H groups in total. The van der Waals surface area contributed by atoms with Crippen LogP contribution in [0.25, 0.3) is 0 Å². The highest BCUT2D eigenvalue weighted by Gasteiger charge is 2.85. The first-order chi connectivity index (χ1) is 21.9. The molecule has 1 heterocycles. The Bertz CT molecular complexity index is 1300. The van der Waals surface area contributed by atoms with Crippen molar-refractivity contribution in [3.8, 4) is 0 Å². The van der Waals surface area contributed by atoms with Crippen LogP contribution in [0.2, 0.25) is 0 Å². The van der Waals surface area contributed by atoms with Crippen LogP contribution in [-0.2, 0) is 38.1 Å². The fourth-order valence-corrected chi connectivity index (χ4v) is 12.9. The quantitative estimate of drug-likeness (QED) is 0.199. The third-order valence-electron chi connectivity index (χ3n) is 14.8. The molecule has 1 saturated heterocycles. The zero-order valence-electron chi connectivity index (χ0n) is 29.5. The van der Waals surface area contributed by atoms with Gasteiger partial charge in [-0.1, -0.05) is 34.6 Å². The molecule has 0 bridgehead atoms. The number of Topliss-reactive ketones (excluding diaryl/α,β-unsaturated/α-hetero) is 2. The van der Waals surface area contributed by atoms with Crippen LogP contribution in [0.5, 0.6) is 0 Å². The third-order valence-corrected chi connectivity index (χ3v) is 14.8. The van der Waals surface area contributed by atoms with E-state index < -0.39 is 54.0 Å². The van der Waals surface area contributed by atoms with Crippen molar-refractivity contribution in [2.75, 3.05) is 13.2 Å². The second-order valence-corrected chi connectivity index (χ2v) is 17.6. The van der Waals surface area contributed by atoms with E-state index in [1.807, 2.05) is 0 Å². The standard InChI is InChI=1S/C37H56O10/c1-20-17-23(30(33(5,6)43)45-21(2)40)46-28-27(20)34(7)13-14-37-19-36(37)12-11-26(47-31(22(41)18-39)44-16-15-38)32(3,4)24(36)9-10-25(37)35(34,8)29(28)42/h15,20,23-28,30-31,39,43H,9-14,16-19H2,1-8H3/t20-,23-,24+,25+,26+,27+,28+,30+,31+,34-,35-,36-,37+/m1/s1. The number of rotatable bonds is 10. The Morgan fingerprint density at radius 1 is 1.06 bits per heavy atom. The highest BCUT2D eigenvalue weighted by Crippen LogP contribution is 2.89. The molecule has 0 aromatic rings. The van der Waals surface area contributed by atoms with Crippen molar-refractivity contribution < 1.29 is 48.3 Å². The Morgan fingerprint density at radius 3 is 2.34 bits per heavy atom. The van der Waals surface area contributed by atoms with Crippen LogP contribution >= 0.6 is 0 Å². The van der Waals surface area contributed by atoms with Crippen LogP contribution in [0.15, 0.2) is 0 Å². The number of esters is 1. The van der Waals surface area contributed by atoms with Crippen molar-refractivity contribution in [3.05, 3.63) is 0 Å².